The van der Waals surface area contributed by atoms with Crippen LogP contribution in [0.5, 0.6) is 0 Å². The Morgan fingerprint density at radius 3 is 2.56 bits per heavy atom. The van der Waals surface area contributed by atoms with Crippen LogP contribution in [0.2, 0.25) is 0 Å². The number of ether oxygens (including phenoxy) is 2. The smallest absolute Gasteiger partial charge is 0.408 e. The molecule has 0 radical (unpaired) electrons. The van der Waals surface area contributed by atoms with E-state index in [2.05, 4.69) is 30.8 Å². The lowest BCUT2D eigenvalue weighted by atomic mass is 9.80. The van der Waals surface area contributed by atoms with Gasteiger partial charge < -0.3 is 25.0 Å². The molecule has 3 N–H and O–H groups in total. The average Bonchev–Trinajstić information content (AvgIpc) is 3.22. The van der Waals surface area contributed by atoms with Crippen LogP contribution in [0.15, 0.2) is 12.1 Å². The highest BCUT2D eigenvalue weighted by molar-refractivity contribution is 5.90. The van der Waals surface area contributed by atoms with Crippen LogP contribution in [0.4, 0.5) is 16.4 Å². The number of alkyl carbamates (subject to hydrolysis) is 1. The summed E-state index contributed by atoms with van der Waals surface area (Å²) in [5.74, 6) is 1.76. The Morgan fingerprint density at radius 2 is 1.89 bits per heavy atom. The van der Waals surface area contributed by atoms with Crippen molar-refractivity contribution in [1.29, 1.82) is 0 Å². The van der Waals surface area contributed by atoms with Gasteiger partial charge in [0.05, 0.1) is 18.8 Å². The topological polar surface area (TPSA) is 134 Å². The molecule has 1 saturated heterocycles. The fraction of sp³-hybridized carbons (Fsp3) is 0.640. The lowest BCUT2D eigenvalue weighted by molar-refractivity contribution is -0.147. The number of H-pyrrole nitrogens is 1. The van der Waals surface area contributed by atoms with Crippen molar-refractivity contribution in [3.05, 3.63) is 29.3 Å². The molecule has 196 valence electrons. The van der Waals surface area contributed by atoms with Crippen molar-refractivity contribution in [3.8, 4) is 0 Å². The van der Waals surface area contributed by atoms with E-state index >= 15 is 0 Å². The number of morpholine rings is 1. The predicted molar refractivity (Wildman–Crippen MR) is 134 cm³/mol. The van der Waals surface area contributed by atoms with Gasteiger partial charge in [0, 0.05) is 24.4 Å². The van der Waals surface area contributed by atoms with Crippen molar-refractivity contribution < 1.29 is 19.1 Å². The van der Waals surface area contributed by atoms with Crippen molar-refractivity contribution >= 4 is 23.6 Å². The second kappa shape index (κ2) is 10.4. The van der Waals surface area contributed by atoms with E-state index in [1.807, 2.05) is 46.8 Å². The standard InChI is InChI=1S/C25H37N7O4/c1-16-13-21(31-30-16)28-20-14-18(26-17(2)27-20)19-15-32(11-12-35-19)22(33)25(9-7-6-8-10-25)29-23(34)36-24(3,4)5/h13-14,19H,6-12,15H2,1-5H3,(H,29,34)(H2,26,27,28,30,31). The van der Waals surface area contributed by atoms with Gasteiger partial charge in [-0.15, -0.1) is 0 Å². The summed E-state index contributed by atoms with van der Waals surface area (Å²) in [5.41, 5.74) is 0.0183. The molecule has 2 fully saturated rings. The summed E-state index contributed by atoms with van der Waals surface area (Å²) in [4.78, 5) is 37.4. The quantitative estimate of drug-likeness (QED) is 0.567. The number of hydrogen-bond acceptors (Lipinski definition) is 8. The van der Waals surface area contributed by atoms with Gasteiger partial charge in [-0.05, 0) is 47.5 Å². The van der Waals surface area contributed by atoms with Gasteiger partial charge >= 0.3 is 6.09 Å². The number of carbonyl (C=O) groups excluding carboxylic acids is 2. The summed E-state index contributed by atoms with van der Waals surface area (Å²) >= 11 is 0. The molecule has 2 aromatic rings. The van der Waals surface area contributed by atoms with Crippen molar-refractivity contribution in [1.82, 2.24) is 30.4 Å². The first-order valence-electron chi connectivity index (χ1n) is 12.6. The van der Waals surface area contributed by atoms with Crippen LogP contribution in [-0.2, 0) is 14.3 Å². The number of carbonyl (C=O) groups is 2. The zero-order valence-corrected chi connectivity index (χ0v) is 21.8. The van der Waals surface area contributed by atoms with Gasteiger partial charge in [0.15, 0.2) is 5.82 Å². The second-order valence-electron chi connectivity index (χ2n) is 10.7. The first kappa shape index (κ1) is 25.9. The third-order valence-electron chi connectivity index (χ3n) is 6.36. The lowest BCUT2D eigenvalue weighted by Gasteiger charge is -2.42. The van der Waals surface area contributed by atoms with Gasteiger partial charge in [-0.3, -0.25) is 9.89 Å². The summed E-state index contributed by atoms with van der Waals surface area (Å²) in [6, 6.07) is 3.71. The molecular formula is C25H37N7O4. The first-order chi connectivity index (χ1) is 17.0. The summed E-state index contributed by atoms with van der Waals surface area (Å²) < 4.78 is 11.5. The lowest BCUT2D eigenvalue weighted by Crippen LogP contribution is -2.62. The van der Waals surface area contributed by atoms with Crippen LogP contribution in [0.25, 0.3) is 0 Å². The van der Waals surface area contributed by atoms with Gasteiger partial charge in [-0.1, -0.05) is 19.3 Å². The number of nitrogens with zero attached hydrogens (tertiary/aromatic N) is 4. The molecule has 2 aromatic heterocycles. The molecule has 1 aliphatic heterocycles. The summed E-state index contributed by atoms with van der Waals surface area (Å²) in [7, 11) is 0. The molecule has 0 spiro atoms. The zero-order chi connectivity index (χ0) is 25.9. The first-order valence-corrected chi connectivity index (χ1v) is 12.6. The van der Waals surface area contributed by atoms with E-state index in [1.54, 1.807) is 4.90 Å². The third kappa shape index (κ3) is 6.31. The molecule has 2 aliphatic rings. The SMILES string of the molecule is Cc1nc(Nc2cc(C)[nH]n2)cc(C2CN(C(=O)C3(NC(=O)OC(C)(C)C)CCCCC3)CCO2)n1. The normalized spacial score (nSPS) is 20.0. The molecule has 0 bridgehead atoms. The Morgan fingerprint density at radius 1 is 1.14 bits per heavy atom. The highest BCUT2D eigenvalue weighted by Crippen LogP contribution is 2.33. The van der Waals surface area contributed by atoms with Crippen LogP contribution in [0, 0.1) is 13.8 Å². The highest BCUT2D eigenvalue weighted by Gasteiger charge is 2.45. The molecule has 36 heavy (non-hydrogen) atoms. The Kier molecular flexibility index (Phi) is 7.49. The van der Waals surface area contributed by atoms with Crippen LogP contribution in [0.3, 0.4) is 0 Å². The summed E-state index contributed by atoms with van der Waals surface area (Å²) in [6.07, 6.45) is 3.02. The Balaban J connectivity index is 1.50. The monoisotopic (exact) mass is 499 g/mol. The van der Waals surface area contributed by atoms with E-state index in [0.717, 1.165) is 25.0 Å². The Hall–Kier alpha value is -3.21. The largest absolute Gasteiger partial charge is 0.444 e. The van der Waals surface area contributed by atoms with E-state index in [0.29, 0.717) is 55.7 Å². The number of anilines is 2. The molecule has 1 aliphatic carbocycles. The van der Waals surface area contributed by atoms with E-state index < -0.39 is 23.3 Å². The van der Waals surface area contributed by atoms with Crippen molar-refractivity contribution in [2.75, 3.05) is 25.0 Å². The minimum Gasteiger partial charge on any atom is -0.444 e. The molecule has 1 atom stereocenters. The maximum Gasteiger partial charge on any atom is 0.408 e. The van der Waals surface area contributed by atoms with E-state index in [-0.39, 0.29) is 5.91 Å². The van der Waals surface area contributed by atoms with Gasteiger partial charge in [0.25, 0.3) is 0 Å². The van der Waals surface area contributed by atoms with Crippen molar-refractivity contribution in [2.24, 2.45) is 0 Å². The molecular weight excluding hydrogens is 462 g/mol. The fourth-order valence-corrected chi connectivity index (χ4v) is 4.80. The number of aromatic nitrogens is 4. The minimum atomic E-state index is -0.964. The van der Waals surface area contributed by atoms with Gasteiger partial charge in [-0.2, -0.15) is 5.10 Å². The van der Waals surface area contributed by atoms with Crippen LogP contribution in [0.1, 0.15) is 76.2 Å². The molecule has 11 nitrogen and oxygen atoms in total. The van der Waals surface area contributed by atoms with Gasteiger partial charge in [0.1, 0.15) is 28.9 Å². The molecule has 3 heterocycles. The number of nitrogens with one attached hydrogen (secondary N) is 3. The van der Waals surface area contributed by atoms with E-state index in [4.69, 9.17) is 9.47 Å². The van der Waals surface area contributed by atoms with Crippen LogP contribution < -0.4 is 10.6 Å². The number of aryl methyl sites for hydroxylation is 2. The van der Waals surface area contributed by atoms with E-state index in [1.165, 1.54) is 0 Å². The fourth-order valence-electron chi connectivity index (χ4n) is 4.80. The van der Waals surface area contributed by atoms with Crippen LogP contribution in [-0.4, -0.2) is 67.9 Å². The average molecular weight is 500 g/mol. The number of hydrogen-bond donors (Lipinski definition) is 3. The predicted octanol–water partition coefficient (Wildman–Crippen LogP) is 3.69. The maximum absolute atomic E-state index is 13.9. The number of aromatic amines is 1. The summed E-state index contributed by atoms with van der Waals surface area (Å²) in [6.45, 7) is 10.4. The van der Waals surface area contributed by atoms with Gasteiger partial charge in [-0.25, -0.2) is 14.8 Å². The van der Waals surface area contributed by atoms with Crippen molar-refractivity contribution in [3.63, 3.8) is 0 Å². The molecule has 4 rings (SSSR count). The molecule has 1 unspecified atom stereocenters. The molecule has 0 aromatic carbocycles. The molecule has 2 amide bonds. The van der Waals surface area contributed by atoms with Crippen molar-refractivity contribution in [2.45, 2.75) is 84.0 Å². The third-order valence-corrected chi connectivity index (χ3v) is 6.36. The van der Waals surface area contributed by atoms with Gasteiger partial charge in [0.2, 0.25) is 5.91 Å². The zero-order valence-electron chi connectivity index (χ0n) is 21.8. The molecule has 11 heteroatoms. The maximum atomic E-state index is 13.9. The Bertz CT molecular complexity index is 1090. The summed E-state index contributed by atoms with van der Waals surface area (Å²) in [5, 5.41) is 13.2. The van der Waals surface area contributed by atoms with E-state index in [9.17, 15) is 9.59 Å². The number of rotatable bonds is 5. The van der Waals surface area contributed by atoms with Crippen LogP contribution >= 0.6 is 0 Å². The Labute approximate surface area is 211 Å². The highest BCUT2D eigenvalue weighted by atomic mass is 16.6. The molecule has 1 saturated carbocycles. The minimum absolute atomic E-state index is 0.0857. The second-order valence-corrected chi connectivity index (χ2v) is 10.7. The number of amides is 2.